The number of anilines is 2. The summed E-state index contributed by atoms with van der Waals surface area (Å²) in [6.45, 7) is 3.63. The van der Waals surface area contributed by atoms with E-state index in [1.54, 1.807) is 13.3 Å². The highest BCUT2D eigenvalue weighted by Gasteiger charge is 2.12. The highest BCUT2D eigenvalue weighted by Crippen LogP contribution is 2.33. The first-order valence-corrected chi connectivity index (χ1v) is 9.83. The number of hydrogen-bond acceptors (Lipinski definition) is 6. The van der Waals surface area contributed by atoms with Crippen molar-refractivity contribution in [2.75, 3.05) is 32.2 Å². The van der Waals surface area contributed by atoms with Crippen molar-refractivity contribution >= 4 is 17.3 Å². The van der Waals surface area contributed by atoms with E-state index < -0.39 is 0 Å². The molecule has 7 heteroatoms. The topological polar surface area (TPSA) is 69.9 Å². The fourth-order valence-electron chi connectivity index (χ4n) is 3.11. The Morgan fingerprint density at radius 2 is 1.87 bits per heavy atom. The van der Waals surface area contributed by atoms with Crippen molar-refractivity contribution in [2.45, 2.75) is 6.92 Å². The van der Waals surface area contributed by atoms with E-state index in [1.165, 1.54) is 0 Å². The van der Waals surface area contributed by atoms with Crippen molar-refractivity contribution < 1.29 is 14.2 Å². The summed E-state index contributed by atoms with van der Waals surface area (Å²) in [6.07, 6.45) is 3.64. The van der Waals surface area contributed by atoms with E-state index in [0.29, 0.717) is 37.3 Å². The summed E-state index contributed by atoms with van der Waals surface area (Å²) in [6, 6.07) is 17.6. The number of ether oxygens (including phenoxy) is 3. The smallest absolute Gasteiger partial charge is 0.213 e. The quantitative estimate of drug-likeness (QED) is 0.412. The lowest BCUT2D eigenvalue weighted by Gasteiger charge is -2.13. The van der Waals surface area contributed by atoms with Crippen LogP contribution in [0.15, 0.2) is 67.0 Å². The molecule has 2 aromatic carbocycles. The monoisotopic (exact) mass is 404 g/mol. The molecule has 30 heavy (non-hydrogen) atoms. The van der Waals surface area contributed by atoms with Gasteiger partial charge in [0.15, 0.2) is 11.5 Å². The van der Waals surface area contributed by atoms with Gasteiger partial charge in [0.25, 0.3) is 0 Å². The molecule has 0 amide bonds. The van der Waals surface area contributed by atoms with Gasteiger partial charge in [0.1, 0.15) is 12.3 Å². The number of benzene rings is 2. The van der Waals surface area contributed by atoms with Crippen LogP contribution in [0.1, 0.15) is 6.92 Å². The second kappa shape index (κ2) is 9.28. The lowest BCUT2D eigenvalue weighted by molar-refractivity contribution is 0.109. The van der Waals surface area contributed by atoms with Crippen molar-refractivity contribution in [3.63, 3.8) is 0 Å². The Kier molecular flexibility index (Phi) is 6.10. The SMILES string of the molecule is CCOCCOc1ccc(-c2cc3nccn3c(Nc3ccccc3)n2)cc1OC. The third-order valence-corrected chi connectivity index (χ3v) is 4.57. The van der Waals surface area contributed by atoms with Crippen LogP contribution in [0.4, 0.5) is 11.6 Å². The van der Waals surface area contributed by atoms with Gasteiger partial charge in [0, 0.05) is 36.3 Å². The number of imidazole rings is 1. The van der Waals surface area contributed by atoms with Crippen LogP contribution in [0.3, 0.4) is 0 Å². The highest BCUT2D eigenvalue weighted by molar-refractivity contribution is 5.70. The van der Waals surface area contributed by atoms with Crippen LogP contribution in [0, 0.1) is 0 Å². The second-order valence-electron chi connectivity index (χ2n) is 6.52. The minimum absolute atomic E-state index is 0.465. The van der Waals surface area contributed by atoms with Crippen LogP contribution in [0.25, 0.3) is 16.9 Å². The van der Waals surface area contributed by atoms with Gasteiger partial charge >= 0.3 is 0 Å². The molecule has 0 aliphatic rings. The maximum atomic E-state index is 5.78. The lowest BCUT2D eigenvalue weighted by atomic mass is 10.1. The van der Waals surface area contributed by atoms with Crippen molar-refractivity contribution in [1.82, 2.24) is 14.4 Å². The summed E-state index contributed by atoms with van der Waals surface area (Å²) in [4.78, 5) is 9.26. The van der Waals surface area contributed by atoms with E-state index >= 15 is 0 Å². The number of fused-ring (bicyclic) bond motifs is 1. The van der Waals surface area contributed by atoms with E-state index in [4.69, 9.17) is 19.2 Å². The van der Waals surface area contributed by atoms with Crippen molar-refractivity contribution in [2.24, 2.45) is 0 Å². The largest absolute Gasteiger partial charge is 0.493 e. The molecule has 0 spiro atoms. The summed E-state index contributed by atoms with van der Waals surface area (Å²) in [7, 11) is 1.63. The Hall–Kier alpha value is -3.58. The molecule has 4 aromatic rings. The summed E-state index contributed by atoms with van der Waals surface area (Å²) in [5.41, 5.74) is 3.44. The molecular formula is C23H24N4O3. The standard InChI is InChI=1S/C23H24N4O3/c1-3-29-13-14-30-20-10-9-17(15-21(20)28-2)19-16-22-24-11-12-27(22)23(26-19)25-18-7-5-4-6-8-18/h4-12,15-16H,3,13-14H2,1-2H3,(H,25,26). The third-order valence-electron chi connectivity index (χ3n) is 4.57. The van der Waals surface area contributed by atoms with E-state index in [9.17, 15) is 0 Å². The highest BCUT2D eigenvalue weighted by atomic mass is 16.5. The number of hydrogen-bond donors (Lipinski definition) is 1. The first-order valence-electron chi connectivity index (χ1n) is 9.83. The summed E-state index contributed by atoms with van der Waals surface area (Å²) in [5.74, 6) is 2.00. The van der Waals surface area contributed by atoms with Gasteiger partial charge in [0.2, 0.25) is 5.95 Å². The maximum absolute atomic E-state index is 5.78. The Bertz CT molecular complexity index is 1110. The molecule has 0 unspecified atom stereocenters. The van der Waals surface area contributed by atoms with E-state index in [-0.39, 0.29) is 0 Å². The van der Waals surface area contributed by atoms with Crippen LogP contribution in [0.5, 0.6) is 11.5 Å². The third kappa shape index (κ3) is 4.36. The summed E-state index contributed by atoms with van der Waals surface area (Å²) >= 11 is 0. The molecule has 2 aromatic heterocycles. The summed E-state index contributed by atoms with van der Waals surface area (Å²) in [5, 5.41) is 3.37. The predicted molar refractivity (Wildman–Crippen MR) is 117 cm³/mol. The van der Waals surface area contributed by atoms with Crippen LogP contribution >= 0.6 is 0 Å². The molecule has 0 aliphatic heterocycles. The minimum atomic E-state index is 0.465. The van der Waals surface area contributed by atoms with E-state index in [0.717, 1.165) is 22.6 Å². The molecule has 2 heterocycles. The Labute approximate surface area is 175 Å². The number of aromatic nitrogens is 3. The van der Waals surface area contributed by atoms with Crippen molar-refractivity contribution in [3.05, 3.63) is 67.0 Å². The molecule has 0 radical (unpaired) electrons. The number of methoxy groups -OCH3 is 1. The van der Waals surface area contributed by atoms with Crippen LogP contribution in [-0.2, 0) is 4.74 Å². The van der Waals surface area contributed by atoms with E-state index in [2.05, 4.69) is 10.3 Å². The lowest BCUT2D eigenvalue weighted by Crippen LogP contribution is -2.07. The van der Waals surface area contributed by atoms with Gasteiger partial charge < -0.3 is 19.5 Å². The normalized spacial score (nSPS) is 10.9. The maximum Gasteiger partial charge on any atom is 0.213 e. The summed E-state index contributed by atoms with van der Waals surface area (Å²) < 4.78 is 18.6. The number of rotatable bonds is 9. The van der Waals surface area contributed by atoms with E-state index in [1.807, 2.05) is 72.1 Å². The number of nitrogens with zero attached hydrogens (tertiary/aromatic N) is 3. The van der Waals surface area contributed by atoms with Gasteiger partial charge in [-0.3, -0.25) is 4.40 Å². The fraction of sp³-hybridized carbons (Fsp3) is 0.217. The fourth-order valence-corrected chi connectivity index (χ4v) is 3.11. The van der Waals surface area contributed by atoms with Crippen LogP contribution in [-0.4, -0.2) is 41.3 Å². The Morgan fingerprint density at radius 1 is 1.00 bits per heavy atom. The predicted octanol–water partition coefficient (Wildman–Crippen LogP) is 4.56. The molecular weight excluding hydrogens is 380 g/mol. The molecule has 0 fully saturated rings. The van der Waals surface area contributed by atoms with Gasteiger partial charge in [-0.15, -0.1) is 0 Å². The van der Waals surface area contributed by atoms with Gasteiger partial charge in [-0.2, -0.15) is 0 Å². The average Bonchev–Trinajstić information content (AvgIpc) is 3.26. The minimum Gasteiger partial charge on any atom is -0.493 e. The van der Waals surface area contributed by atoms with Gasteiger partial charge in [-0.25, -0.2) is 9.97 Å². The van der Waals surface area contributed by atoms with Crippen molar-refractivity contribution in [1.29, 1.82) is 0 Å². The molecule has 1 N–H and O–H groups in total. The molecule has 0 saturated carbocycles. The zero-order valence-electron chi connectivity index (χ0n) is 17.0. The van der Waals surface area contributed by atoms with Crippen LogP contribution in [0.2, 0.25) is 0 Å². The van der Waals surface area contributed by atoms with Crippen LogP contribution < -0.4 is 14.8 Å². The van der Waals surface area contributed by atoms with Gasteiger partial charge in [0.05, 0.1) is 19.4 Å². The molecule has 4 rings (SSSR count). The molecule has 154 valence electrons. The first kappa shape index (κ1) is 19.7. The molecule has 0 bridgehead atoms. The molecule has 0 aliphatic carbocycles. The zero-order chi connectivity index (χ0) is 20.8. The van der Waals surface area contributed by atoms with Gasteiger partial charge in [-0.1, -0.05) is 18.2 Å². The van der Waals surface area contributed by atoms with Crippen molar-refractivity contribution in [3.8, 4) is 22.8 Å². The zero-order valence-corrected chi connectivity index (χ0v) is 17.0. The number of para-hydroxylation sites is 1. The molecule has 0 atom stereocenters. The Balaban J connectivity index is 1.65. The Morgan fingerprint density at radius 3 is 2.67 bits per heavy atom. The average molecular weight is 404 g/mol. The first-order chi connectivity index (χ1) is 14.8. The second-order valence-corrected chi connectivity index (χ2v) is 6.52. The molecule has 0 saturated heterocycles. The molecule has 7 nitrogen and oxygen atoms in total. The number of nitrogens with one attached hydrogen (secondary N) is 1. The van der Waals surface area contributed by atoms with Gasteiger partial charge in [-0.05, 0) is 37.3 Å².